The average molecular weight is 485 g/mol. The number of pyridine rings is 1. The number of aliphatic imine (C=N–C) groups is 2. The van der Waals surface area contributed by atoms with Gasteiger partial charge in [-0.05, 0) is 47.4 Å². The first-order valence-electron chi connectivity index (χ1n) is 10.7. The summed E-state index contributed by atoms with van der Waals surface area (Å²) in [5, 5.41) is 11.8. The molecule has 1 atom stereocenters. The number of aromatic nitrogens is 1. The van der Waals surface area contributed by atoms with Crippen LogP contribution in [0.5, 0.6) is 5.75 Å². The van der Waals surface area contributed by atoms with Crippen LogP contribution in [0.25, 0.3) is 11.1 Å². The maximum Gasteiger partial charge on any atom is 0.573 e. The molecule has 2 aromatic carbocycles. The molecule has 0 saturated carbocycles. The molecule has 3 heterocycles. The third-order valence-electron chi connectivity index (χ3n) is 5.94. The Kier molecular flexibility index (Phi) is 5.34. The van der Waals surface area contributed by atoms with Crippen molar-refractivity contribution < 1.29 is 27.0 Å². The molecule has 2 aliphatic heterocycles. The first-order valence-corrected chi connectivity index (χ1v) is 10.7. The highest BCUT2D eigenvalue weighted by atomic mass is 19.4. The molecule has 3 aromatic rings. The van der Waals surface area contributed by atoms with Crippen molar-refractivity contribution in [1.82, 2.24) is 4.90 Å². The second-order valence-corrected chi connectivity index (χ2v) is 8.08. The van der Waals surface area contributed by atoms with Gasteiger partial charge in [-0.2, -0.15) is 0 Å². The first-order chi connectivity index (χ1) is 16.7. The van der Waals surface area contributed by atoms with Gasteiger partial charge in [-0.3, -0.25) is 9.89 Å². The highest BCUT2D eigenvalue weighted by Crippen LogP contribution is 2.43. The van der Waals surface area contributed by atoms with Crippen LogP contribution in [0.4, 0.5) is 17.6 Å². The van der Waals surface area contributed by atoms with Crippen molar-refractivity contribution in [1.29, 1.82) is 0 Å². The van der Waals surface area contributed by atoms with Crippen molar-refractivity contribution in [2.45, 2.75) is 18.3 Å². The molecule has 5 rings (SSSR count). The summed E-state index contributed by atoms with van der Waals surface area (Å²) < 4.78 is 56.8. The Labute approximate surface area is 197 Å². The summed E-state index contributed by atoms with van der Waals surface area (Å²) in [6.07, 6.45) is -3.01. The summed E-state index contributed by atoms with van der Waals surface area (Å²) in [4.78, 5) is 11.2. The van der Waals surface area contributed by atoms with E-state index in [1.807, 2.05) is 0 Å². The molecule has 2 aliphatic rings. The van der Waals surface area contributed by atoms with Crippen LogP contribution in [0.3, 0.4) is 0 Å². The number of guanidine groups is 1. The molecule has 2 N–H and O–H groups in total. The number of ether oxygens (including phenoxy) is 1. The van der Waals surface area contributed by atoms with E-state index < -0.39 is 17.8 Å². The second-order valence-electron chi connectivity index (χ2n) is 8.08. The van der Waals surface area contributed by atoms with Crippen LogP contribution in [-0.4, -0.2) is 36.1 Å². The highest BCUT2D eigenvalue weighted by molar-refractivity contribution is 6.12. The lowest BCUT2D eigenvalue weighted by Crippen LogP contribution is -2.46. The smallest absolute Gasteiger partial charge is 0.573 e. The van der Waals surface area contributed by atoms with Gasteiger partial charge in [0.25, 0.3) is 0 Å². The Morgan fingerprint density at radius 1 is 1.06 bits per heavy atom. The van der Waals surface area contributed by atoms with E-state index in [-0.39, 0.29) is 22.0 Å². The summed E-state index contributed by atoms with van der Waals surface area (Å²) in [5.41, 5.74) is 6.56. The SMILES string of the molecule is NC1=NC(c2ccc(OC(F)(F)F)cc2)(c2cccc(-c3ccc[n+]([O-])c3F)c2)C2=NCCCN12. The fourth-order valence-corrected chi connectivity index (χ4v) is 4.47. The van der Waals surface area contributed by atoms with Gasteiger partial charge in [0.05, 0.1) is 5.56 Å². The van der Waals surface area contributed by atoms with E-state index in [0.717, 1.165) is 12.6 Å². The van der Waals surface area contributed by atoms with Gasteiger partial charge in [0.1, 0.15) is 11.6 Å². The predicted molar refractivity (Wildman–Crippen MR) is 120 cm³/mol. The van der Waals surface area contributed by atoms with E-state index in [9.17, 15) is 22.8 Å². The molecule has 0 aliphatic carbocycles. The third kappa shape index (κ3) is 3.92. The summed E-state index contributed by atoms with van der Waals surface area (Å²) in [6.45, 7) is 1.10. The summed E-state index contributed by atoms with van der Waals surface area (Å²) >= 11 is 0. The minimum Gasteiger partial charge on any atom is -0.617 e. The van der Waals surface area contributed by atoms with Crippen molar-refractivity contribution in [3.8, 4) is 16.9 Å². The zero-order valence-electron chi connectivity index (χ0n) is 18.2. The lowest BCUT2D eigenvalue weighted by Gasteiger charge is -2.33. The van der Waals surface area contributed by atoms with E-state index in [0.29, 0.717) is 35.6 Å². The van der Waals surface area contributed by atoms with Crippen molar-refractivity contribution in [2.75, 3.05) is 13.1 Å². The van der Waals surface area contributed by atoms with Crippen LogP contribution in [0.1, 0.15) is 17.5 Å². The monoisotopic (exact) mass is 485 g/mol. The number of benzene rings is 2. The molecule has 180 valence electrons. The predicted octanol–water partition coefficient (Wildman–Crippen LogP) is 3.70. The maximum absolute atomic E-state index is 14.6. The van der Waals surface area contributed by atoms with Crippen LogP contribution >= 0.6 is 0 Å². The van der Waals surface area contributed by atoms with Gasteiger partial charge in [-0.1, -0.05) is 30.3 Å². The number of nitrogens with zero attached hydrogens (tertiary/aromatic N) is 4. The Morgan fingerprint density at radius 2 is 1.83 bits per heavy atom. The molecule has 35 heavy (non-hydrogen) atoms. The van der Waals surface area contributed by atoms with Crippen molar-refractivity contribution in [3.05, 3.63) is 89.1 Å². The number of amidine groups is 1. The quantitative estimate of drug-likeness (QED) is 0.264. The zero-order chi connectivity index (χ0) is 24.8. The minimum absolute atomic E-state index is 0.0887. The molecular formula is C24H19F4N5O2. The summed E-state index contributed by atoms with van der Waals surface area (Å²) in [6, 6.07) is 15.0. The lowest BCUT2D eigenvalue weighted by atomic mass is 9.81. The Balaban J connectivity index is 1.68. The van der Waals surface area contributed by atoms with E-state index in [1.165, 1.54) is 36.4 Å². The van der Waals surface area contributed by atoms with E-state index >= 15 is 0 Å². The van der Waals surface area contributed by atoms with Crippen LogP contribution in [0, 0.1) is 11.2 Å². The number of fused-ring (bicyclic) bond motifs is 1. The third-order valence-corrected chi connectivity index (χ3v) is 5.94. The molecule has 0 bridgehead atoms. The average Bonchev–Trinajstić information content (AvgIpc) is 3.14. The zero-order valence-corrected chi connectivity index (χ0v) is 18.2. The van der Waals surface area contributed by atoms with Crippen molar-refractivity contribution >= 4 is 11.8 Å². The van der Waals surface area contributed by atoms with Crippen LogP contribution in [0.2, 0.25) is 0 Å². The standard InChI is InChI=1S/C24H19F4N5O2/c25-20-19(6-2-13-33(20)34)15-4-1-5-17(14-15)23(21-30-11-3-12-32(21)22(29)31-23)16-7-9-18(10-8-16)35-24(26,27)28/h1-2,4-10,13-14H,3,11-12H2,(H2,29,31). The molecular weight excluding hydrogens is 466 g/mol. The van der Waals surface area contributed by atoms with E-state index in [4.69, 9.17) is 10.7 Å². The van der Waals surface area contributed by atoms with Crippen LogP contribution in [0.15, 0.2) is 76.8 Å². The molecule has 1 aromatic heterocycles. The summed E-state index contributed by atoms with van der Waals surface area (Å²) in [5.74, 6) is -0.601. The number of nitrogens with two attached hydrogens (primary N) is 1. The highest BCUT2D eigenvalue weighted by Gasteiger charge is 2.49. The Morgan fingerprint density at radius 3 is 2.57 bits per heavy atom. The summed E-state index contributed by atoms with van der Waals surface area (Å²) in [7, 11) is 0. The van der Waals surface area contributed by atoms with Gasteiger partial charge in [-0.25, -0.2) is 4.99 Å². The topological polar surface area (TPSA) is 90.1 Å². The minimum atomic E-state index is -4.83. The number of halogens is 4. The number of rotatable bonds is 4. The second kappa shape index (κ2) is 8.26. The molecule has 11 heteroatoms. The molecule has 0 spiro atoms. The van der Waals surface area contributed by atoms with E-state index in [1.54, 1.807) is 29.2 Å². The maximum atomic E-state index is 14.6. The van der Waals surface area contributed by atoms with Gasteiger partial charge in [-0.15, -0.1) is 22.3 Å². The van der Waals surface area contributed by atoms with Crippen molar-refractivity contribution in [3.63, 3.8) is 0 Å². The van der Waals surface area contributed by atoms with Crippen molar-refractivity contribution in [2.24, 2.45) is 15.7 Å². The van der Waals surface area contributed by atoms with Gasteiger partial charge in [0.15, 0.2) is 17.7 Å². The first kappa shape index (κ1) is 22.6. The largest absolute Gasteiger partial charge is 0.617 e. The Hall–Kier alpha value is -4.15. The van der Waals surface area contributed by atoms with Gasteiger partial charge in [0.2, 0.25) is 0 Å². The molecule has 0 saturated heterocycles. The molecule has 1 unspecified atom stereocenters. The van der Waals surface area contributed by atoms with Crippen LogP contribution in [-0.2, 0) is 5.54 Å². The fourth-order valence-electron chi connectivity index (χ4n) is 4.47. The molecule has 7 nitrogen and oxygen atoms in total. The molecule has 0 amide bonds. The lowest BCUT2D eigenvalue weighted by molar-refractivity contribution is -0.636. The number of hydrogen-bond acceptors (Lipinski definition) is 6. The van der Waals surface area contributed by atoms with Gasteiger partial charge >= 0.3 is 12.3 Å². The molecule has 0 fully saturated rings. The Bertz CT molecular complexity index is 1340. The normalized spacial score (nSPS) is 19.7. The van der Waals surface area contributed by atoms with E-state index in [2.05, 4.69) is 9.73 Å². The van der Waals surface area contributed by atoms with Gasteiger partial charge < -0.3 is 15.7 Å². The molecule has 0 radical (unpaired) electrons. The number of hydrogen-bond donors (Lipinski definition) is 1. The number of alkyl halides is 3. The van der Waals surface area contributed by atoms with Crippen LogP contribution < -0.4 is 15.2 Å². The fraction of sp³-hybridized carbons (Fsp3) is 0.208. The van der Waals surface area contributed by atoms with Gasteiger partial charge in [0, 0.05) is 19.2 Å².